The lowest BCUT2D eigenvalue weighted by Gasteiger charge is -2.30. The van der Waals surface area contributed by atoms with E-state index in [0.717, 1.165) is 41.8 Å². The van der Waals surface area contributed by atoms with E-state index in [1.54, 1.807) is 12.3 Å². The van der Waals surface area contributed by atoms with Crippen molar-refractivity contribution in [2.75, 3.05) is 5.73 Å². The first-order valence-electron chi connectivity index (χ1n) is 10.6. The highest BCUT2D eigenvalue weighted by molar-refractivity contribution is 6.00. The van der Waals surface area contributed by atoms with Gasteiger partial charge in [0.05, 0.1) is 23.7 Å². The van der Waals surface area contributed by atoms with Gasteiger partial charge in [-0.3, -0.25) is 9.59 Å². The molecule has 4 rings (SSSR count). The molecule has 2 aliphatic carbocycles. The fourth-order valence-electron chi connectivity index (χ4n) is 4.40. The number of primary amides is 1. The summed E-state index contributed by atoms with van der Waals surface area (Å²) in [6.45, 7) is 6.10. The minimum absolute atomic E-state index is 0.0359. The molecule has 2 aromatic heterocycles. The van der Waals surface area contributed by atoms with Gasteiger partial charge in [-0.2, -0.15) is 0 Å². The normalized spacial score (nSPS) is 18.3. The van der Waals surface area contributed by atoms with Crippen molar-refractivity contribution in [2.24, 2.45) is 11.1 Å². The Kier molecular flexibility index (Phi) is 6.31. The van der Waals surface area contributed by atoms with Crippen molar-refractivity contribution in [3.8, 4) is 5.69 Å². The lowest BCUT2D eigenvalue weighted by atomic mass is 9.75. The van der Waals surface area contributed by atoms with Gasteiger partial charge in [0.25, 0.3) is 5.91 Å². The summed E-state index contributed by atoms with van der Waals surface area (Å²) < 4.78 is 1.94. The Balaban J connectivity index is 0.000000310. The van der Waals surface area contributed by atoms with E-state index in [0.29, 0.717) is 6.42 Å². The van der Waals surface area contributed by atoms with Crippen LogP contribution in [0.5, 0.6) is 0 Å². The molecule has 1 fully saturated rings. The number of aliphatic hydroxyl groups is 1. The molecule has 0 aromatic carbocycles. The highest BCUT2D eigenvalue weighted by atomic mass is 16.3. The average molecular weight is 413 g/mol. The van der Waals surface area contributed by atoms with E-state index in [4.69, 9.17) is 16.6 Å². The molecule has 1 amide bonds. The number of amides is 1. The van der Waals surface area contributed by atoms with E-state index in [1.807, 2.05) is 17.7 Å². The van der Waals surface area contributed by atoms with Crippen LogP contribution in [-0.2, 0) is 6.42 Å². The quantitative estimate of drug-likeness (QED) is 0.698. The number of nitrogen functional groups attached to an aromatic ring is 1. The maximum Gasteiger partial charge on any atom is 0.269 e. The van der Waals surface area contributed by atoms with Crippen molar-refractivity contribution >= 4 is 17.4 Å². The first-order valence-corrected chi connectivity index (χ1v) is 10.6. The molecule has 0 atom stereocenters. The molecule has 2 aliphatic rings. The summed E-state index contributed by atoms with van der Waals surface area (Å²) in [7, 11) is 0. The van der Waals surface area contributed by atoms with Gasteiger partial charge in [-0.1, -0.05) is 33.1 Å². The summed E-state index contributed by atoms with van der Waals surface area (Å²) in [6, 6.07) is 1.67. The molecule has 5 N–H and O–H groups in total. The Labute approximate surface area is 177 Å². The second kappa shape index (κ2) is 8.60. The lowest BCUT2D eigenvalue weighted by Crippen LogP contribution is -2.28. The highest BCUT2D eigenvalue weighted by Gasteiger charge is 2.34. The van der Waals surface area contributed by atoms with Gasteiger partial charge in [0.2, 0.25) is 0 Å². The first kappa shape index (κ1) is 22.0. The van der Waals surface area contributed by atoms with Crippen molar-refractivity contribution < 1.29 is 14.7 Å². The highest BCUT2D eigenvalue weighted by Crippen LogP contribution is 2.38. The largest absolute Gasteiger partial charge is 0.397 e. The van der Waals surface area contributed by atoms with Crippen LogP contribution in [0.15, 0.2) is 18.5 Å². The predicted octanol–water partition coefficient (Wildman–Crippen LogP) is 3.33. The number of aliphatic hydroxyl groups excluding tert-OH is 1. The molecule has 0 saturated heterocycles. The van der Waals surface area contributed by atoms with Crippen LogP contribution in [0.2, 0.25) is 0 Å². The SMILES string of the molecule is Cc1cn(-c2cnc(C(N)=O)c(N)c2)c2c1C(=O)CC(C)(C)C2.OC1CCCCC1. The third kappa shape index (κ3) is 4.73. The van der Waals surface area contributed by atoms with E-state index >= 15 is 0 Å². The zero-order valence-electron chi connectivity index (χ0n) is 18.1. The number of nitrogens with zero attached hydrogens (tertiary/aromatic N) is 2. The number of aryl methyl sites for hydroxylation is 1. The maximum atomic E-state index is 12.5. The number of pyridine rings is 1. The van der Waals surface area contributed by atoms with E-state index in [9.17, 15) is 9.59 Å². The number of Topliss-reactive ketones (excluding diaryl/α,β-unsaturated/α-hetero) is 1. The number of anilines is 1. The van der Waals surface area contributed by atoms with Gasteiger partial charge in [-0.15, -0.1) is 0 Å². The van der Waals surface area contributed by atoms with Crippen LogP contribution in [0, 0.1) is 12.3 Å². The fourth-order valence-corrected chi connectivity index (χ4v) is 4.40. The van der Waals surface area contributed by atoms with Crippen molar-refractivity contribution in [2.45, 2.75) is 71.8 Å². The van der Waals surface area contributed by atoms with E-state index < -0.39 is 5.91 Å². The Morgan fingerprint density at radius 3 is 2.43 bits per heavy atom. The molecule has 0 bridgehead atoms. The molecule has 0 unspecified atom stereocenters. The number of carbonyl (C=O) groups is 2. The Morgan fingerprint density at radius 2 is 1.90 bits per heavy atom. The third-order valence-electron chi connectivity index (χ3n) is 5.85. The van der Waals surface area contributed by atoms with Crippen molar-refractivity contribution in [1.29, 1.82) is 0 Å². The number of hydrogen-bond acceptors (Lipinski definition) is 5. The van der Waals surface area contributed by atoms with Crippen LogP contribution in [0.3, 0.4) is 0 Å². The molecule has 2 aromatic rings. The van der Waals surface area contributed by atoms with Crippen LogP contribution in [0.25, 0.3) is 5.69 Å². The topological polar surface area (TPSA) is 124 Å². The van der Waals surface area contributed by atoms with Crippen molar-refractivity contribution in [3.63, 3.8) is 0 Å². The average Bonchev–Trinajstić information content (AvgIpc) is 2.97. The van der Waals surface area contributed by atoms with Crippen LogP contribution in [-0.4, -0.2) is 32.5 Å². The Hall–Kier alpha value is -2.67. The molecule has 162 valence electrons. The van der Waals surface area contributed by atoms with Gasteiger partial charge in [0.15, 0.2) is 11.5 Å². The Morgan fingerprint density at radius 1 is 1.23 bits per heavy atom. The molecule has 2 heterocycles. The number of nitrogens with two attached hydrogens (primary N) is 2. The first-order chi connectivity index (χ1) is 14.1. The number of fused-ring (bicyclic) bond motifs is 1. The predicted molar refractivity (Wildman–Crippen MR) is 117 cm³/mol. The molecule has 7 heteroatoms. The summed E-state index contributed by atoms with van der Waals surface area (Å²) in [5.41, 5.74) is 14.8. The van der Waals surface area contributed by atoms with Gasteiger partial charge in [-0.25, -0.2) is 4.98 Å². The lowest BCUT2D eigenvalue weighted by molar-refractivity contribution is 0.0909. The number of ketones is 1. The van der Waals surface area contributed by atoms with Crippen molar-refractivity contribution in [1.82, 2.24) is 9.55 Å². The van der Waals surface area contributed by atoms with Gasteiger partial charge in [-0.05, 0) is 43.2 Å². The minimum Gasteiger partial charge on any atom is -0.397 e. The van der Waals surface area contributed by atoms with Crippen LogP contribution < -0.4 is 11.5 Å². The third-order valence-corrected chi connectivity index (χ3v) is 5.85. The van der Waals surface area contributed by atoms with Crippen LogP contribution in [0.1, 0.15) is 84.5 Å². The zero-order chi connectivity index (χ0) is 22.1. The zero-order valence-corrected chi connectivity index (χ0v) is 18.1. The minimum atomic E-state index is -0.656. The van der Waals surface area contributed by atoms with Crippen molar-refractivity contribution in [3.05, 3.63) is 41.0 Å². The molecule has 0 aliphatic heterocycles. The molecular weight excluding hydrogens is 380 g/mol. The molecule has 7 nitrogen and oxygen atoms in total. The van der Waals surface area contributed by atoms with Crippen LogP contribution in [0.4, 0.5) is 5.69 Å². The summed E-state index contributed by atoms with van der Waals surface area (Å²) in [5, 5.41) is 8.91. The second-order valence-corrected chi connectivity index (χ2v) is 9.23. The molecule has 0 spiro atoms. The number of carbonyl (C=O) groups excluding carboxylic acids is 2. The molecule has 0 radical (unpaired) electrons. The Bertz CT molecular complexity index is 956. The molecule has 1 saturated carbocycles. The fraction of sp³-hybridized carbons (Fsp3) is 0.522. The molecular formula is C23H32N4O3. The number of aromatic nitrogens is 2. The van der Waals surface area contributed by atoms with E-state index in [-0.39, 0.29) is 28.7 Å². The standard InChI is InChI=1S/C17H20N4O2.C6H12O/c1-9-8-21(10-4-11(18)15(16(19)23)20-7-10)12-5-17(2,3)6-13(22)14(9)12;7-6-4-2-1-3-5-6/h4,7-8H,5-6,18H2,1-3H3,(H2,19,23);6-7H,1-5H2. The van der Waals surface area contributed by atoms with Gasteiger partial charge in [0.1, 0.15) is 0 Å². The number of hydrogen-bond donors (Lipinski definition) is 3. The number of rotatable bonds is 2. The second-order valence-electron chi connectivity index (χ2n) is 9.23. The molecule has 30 heavy (non-hydrogen) atoms. The van der Waals surface area contributed by atoms with Gasteiger partial charge < -0.3 is 21.1 Å². The summed E-state index contributed by atoms with van der Waals surface area (Å²) in [5.74, 6) is -0.488. The van der Waals surface area contributed by atoms with Gasteiger partial charge in [0, 0.05) is 23.9 Å². The summed E-state index contributed by atoms with van der Waals surface area (Å²) in [6.07, 6.45) is 10.7. The summed E-state index contributed by atoms with van der Waals surface area (Å²) >= 11 is 0. The van der Waals surface area contributed by atoms with Gasteiger partial charge >= 0.3 is 0 Å². The van der Waals surface area contributed by atoms with E-state index in [1.165, 1.54) is 19.3 Å². The maximum absolute atomic E-state index is 12.5. The van der Waals surface area contributed by atoms with E-state index in [2.05, 4.69) is 18.8 Å². The summed E-state index contributed by atoms with van der Waals surface area (Å²) in [4.78, 5) is 27.8. The smallest absolute Gasteiger partial charge is 0.269 e. The monoisotopic (exact) mass is 412 g/mol. The van der Waals surface area contributed by atoms with Crippen LogP contribution >= 0.6 is 0 Å².